The normalized spacial score (nSPS) is 10.3. The van der Waals surface area contributed by atoms with Gasteiger partial charge in [-0.15, -0.1) is 0 Å². The van der Waals surface area contributed by atoms with Crippen molar-refractivity contribution in [1.29, 1.82) is 0 Å². The summed E-state index contributed by atoms with van der Waals surface area (Å²) in [5.41, 5.74) is 7.01. The molecule has 0 aromatic carbocycles. The Morgan fingerprint density at radius 3 is 2.89 bits per heavy atom. The fourth-order valence-electron chi connectivity index (χ4n) is 1.37. The second-order valence-corrected chi connectivity index (χ2v) is 3.86. The number of aryl methyl sites for hydroxylation is 1. The van der Waals surface area contributed by atoms with Crippen molar-refractivity contribution < 1.29 is 4.79 Å². The summed E-state index contributed by atoms with van der Waals surface area (Å²) in [6.07, 6.45) is 4.96. The zero-order valence-corrected chi connectivity index (χ0v) is 10.00. The minimum Gasteiger partial charge on any atom is -0.382 e. The van der Waals surface area contributed by atoms with Gasteiger partial charge in [0.15, 0.2) is 0 Å². The van der Waals surface area contributed by atoms with Crippen molar-refractivity contribution in [3.05, 3.63) is 36.0 Å². The molecule has 0 atom stereocenters. The first kappa shape index (κ1) is 12.0. The first-order valence-electron chi connectivity index (χ1n) is 5.46. The Balaban J connectivity index is 1.83. The number of anilines is 1. The highest BCUT2D eigenvalue weighted by Crippen LogP contribution is 1.96. The van der Waals surface area contributed by atoms with Crippen LogP contribution in [0.1, 0.15) is 11.4 Å². The molecule has 3 N–H and O–H groups in total. The summed E-state index contributed by atoms with van der Waals surface area (Å²) >= 11 is 0. The van der Waals surface area contributed by atoms with Crippen LogP contribution in [0.5, 0.6) is 0 Å². The maximum Gasteiger partial charge on any atom is 0.242 e. The summed E-state index contributed by atoms with van der Waals surface area (Å²) in [4.78, 5) is 19.8. The molecule has 0 radical (unpaired) electrons. The van der Waals surface area contributed by atoms with Crippen LogP contribution in [0.25, 0.3) is 0 Å². The highest BCUT2D eigenvalue weighted by Gasteiger charge is 2.04. The molecule has 2 heterocycles. The number of nitrogen functional groups attached to an aromatic ring is 1. The van der Waals surface area contributed by atoms with Crippen molar-refractivity contribution >= 4 is 11.7 Å². The molecule has 7 nitrogen and oxygen atoms in total. The predicted octanol–water partition coefficient (Wildman–Crippen LogP) is -0.120. The summed E-state index contributed by atoms with van der Waals surface area (Å²) < 4.78 is 1.48. The lowest BCUT2D eigenvalue weighted by molar-refractivity contribution is -0.122. The Morgan fingerprint density at radius 2 is 2.28 bits per heavy atom. The van der Waals surface area contributed by atoms with Crippen LogP contribution in [0.15, 0.2) is 24.7 Å². The van der Waals surface area contributed by atoms with Gasteiger partial charge in [0.05, 0.1) is 24.1 Å². The number of nitrogens with one attached hydrogen (secondary N) is 1. The molecule has 0 aliphatic carbocycles. The number of amides is 1. The molecule has 2 aromatic heterocycles. The first-order valence-corrected chi connectivity index (χ1v) is 5.46. The largest absolute Gasteiger partial charge is 0.382 e. The number of hydrogen-bond donors (Lipinski definition) is 2. The number of rotatable bonds is 4. The van der Waals surface area contributed by atoms with Gasteiger partial charge in [-0.25, -0.2) is 0 Å². The fourth-order valence-corrected chi connectivity index (χ4v) is 1.37. The summed E-state index contributed by atoms with van der Waals surface area (Å²) in [6.45, 7) is 2.34. The van der Waals surface area contributed by atoms with Crippen molar-refractivity contribution in [2.75, 3.05) is 5.73 Å². The molecule has 7 heteroatoms. The van der Waals surface area contributed by atoms with Crippen molar-refractivity contribution in [3.8, 4) is 0 Å². The molecule has 94 valence electrons. The minimum atomic E-state index is -0.152. The van der Waals surface area contributed by atoms with Crippen molar-refractivity contribution in [2.24, 2.45) is 0 Å². The van der Waals surface area contributed by atoms with E-state index in [0.29, 0.717) is 18.1 Å². The molecule has 0 saturated heterocycles. The maximum absolute atomic E-state index is 11.6. The highest BCUT2D eigenvalue weighted by atomic mass is 16.2. The van der Waals surface area contributed by atoms with E-state index in [2.05, 4.69) is 20.4 Å². The standard InChI is InChI=1S/C11H14N6O/c1-8-4-14-9(5-13-8)6-15-11(18)7-17-3-2-10(12)16-17/h2-5H,6-7H2,1H3,(H2,12,16)(H,15,18). The molecule has 2 aromatic rings. The topological polar surface area (TPSA) is 98.7 Å². The van der Waals surface area contributed by atoms with Crippen LogP contribution in [-0.4, -0.2) is 25.7 Å². The molecule has 0 unspecified atom stereocenters. The third-order valence-electron chi connectivity index (χ3n) is 2.27. The number of carbonyl (C=O) groups is 1. The highest BCUT2D eigenvalue weighted by molar-refractivity contribution is 5.75. The Bertz CT molecular complexity index is 533. The second kappa shape index (κ2) is 5.26. The number of aromatic nitrogens is 4. The van der Waals surface area contributed by atoms with Crippen LogP contribution in [0.4, 0.5) is 5.82 Å². The van der Waals surface area contributed by atoms with Gasteiger partial charge in [0, 0.05) is 12.4 Å². The zero-order valence-electron chi connectivity index (χ0n) is 10.00. The second-order valence-electron chi connectivity index (χ2n) is 3.86. The van der Waals surface area contributed by atoms with Crippen molar-refractivity contribution in [2.45, 2.75) is 20.0 Å². The van der Waals surface area contributed by atoms with Crippen LogP contribution in [0.2, 0.25) is 0 Å². The van der Waals surface area contributed by atoms with Gasteiger partial charge < -0.3 is 11.1 Å². The Kier molecular flexibility index (Phi) is 3.52. The van der Waals surface area contributed by atoms with E-state index in [1.165, 1.54) is 4.68 Å². The van der Waals surface area contributed by atoms with Gasteiger partial charge in [0.1, 0.15) is 12.4 Å². The molecule has 0 spiro atoms. The molecule has 0 saturated carbocycles. The Morgan fingerprint density at radius 1 is 1.44 bits per heavy atom. The zero-order chi connectivity index (χ0) is 13.0. The summed E-state index contributed by atoms with van der Waals surface area (Å²) in [6, 6.07) is 1.64. The van der Waals surface area contributed by atoms with Crippen LogP contribution >= 0.6 is 0 Å². The van der Waals surface area contributed by atoms with E-state index in [9.17, 15) is 4.79 Å². The van der Waals surface area contributed by atoms with E-state index in [-0.39, 0.29) is 12.5 Å². The van der Waals surface area contributed by atoms with Gasteiger partial charge in [-0.1, -0.05) is 0 Å². The van der Waals surface area contributed by atoms with Gasteiger partial charge in [-0.2, -0.15) is 5.10 Å². The average molecular weight is 246 g/mol. The number of nitrogens with two attached hydrogens (primary N) is 1. The summed E-state index contributed by atoms with van der Waals surface area (Å²) in [7, 11) is 0. The van der Waals surface area contributed by atoms with Crippen LogP contribution < -0.4 is 11.1 Å². The van der Waals surface area contributed by atoms with Crippen molar-refractivity contribution in [1.82, 2.24) is 25.1 Å². The van der Waals surface area contributed by atoms with Crippen LogP contribution in [-0.2, 0) is 17.9 Å². The van der Waals surface area contributed by atoms with E-state index >= 15 is 0 Å². The van der Waals surface area contributed by atoms with E-state index in [1.54, 1.807) is 24.7 Å². The number of nitrogens with zero attached hydrogens (tertiary/aromatic N) is 4. The molecule has 0 aliphatic rings. The van der Waals surface area contributed by atoms with Gasteiger partial charge >= 0.3 is 0 Å². The van der Waals surface area contributed by atoms with E-state index in [1.807, 2.05) is 6.92 Å². The molecule has 2 rings (SSSR count). The van der Waals surface area contributed by atoms with Gasteiger partial charge in [-0.3, -0.25) is 19.4 Å². The molecule has 0 aliphatic heterocycles. The van der Waals surface area contributed by atoms with Gasteiger partial charge in [0.2, 0.25) is 5.91 Å². The SMILES string of the molecule is Cc1cnc(CNC(=O)Cn2ccc(N)n2)cn1. The maximum atomic E-state index is 11.6. The average Bonchev–Trinajstić information content (AvgIpc) is 2.74. The fraction of sp³-hybridized carbons (Fsp3) is 0.273. The predicted molar refractivity (Wildman–Crippen MR) is 65.3 cm³/mol. The molecule has 18 heavy (non-hydrogen) atoms. The smallest absolute Gasteiger partial charge is 0.242 e. The van der Waals surface area contributed by atoms with Crippen LogP contribution in [0, 0.1) is 6.92 Å². The van der Waals surface area contributed by atoms with Gasteiger partial charge in [0.25, 0.3) is 0 Å². The molecular weight excluding hydrogens is 232 g/mol. The Labute approximate surface area is 104 Å². The quantitative estimate of drug-likeness (QED) is 0.783. The minimum absolute atomic E-state index is 0.135. The molecular formula is C11H14N6O. The number of carbonyl (C=O) groups excluding carboxylic acids is 1. The van der Waals surface area contributed by atoms with Crippen molar-refractivity contribution in [3.63, 3.8) is 0 Å². The summed E-state index contributed by atoms with van der Waals surface area (Å²) in [5.74, 6) is 0.243. The molecule has 0 fully saturated rings. The van der Waals surface area contributed by atoms with Crippen LogP contribution in [0.3, 0.4) is 0 Å². The van der Waals surface area contributed by atoms with E-state index in [0.717, 1.165) is 5.69 Å². The number of hydrogen-bond acceptors (Lipinski definition) is 5. The van der Waals surface area contributed by atoms with Gasteiger partial charge in [-0.05, 0) is 13.0 Å². The molecule has 1 amide bonds. The third kappa shape index (κ3) is 3.27. The van der Waals surface area contributed by atoms with E-state index in [4.69, 9.17) is 5.73 Å². The third-order valence-corrected chi connectivity index (χ3v) is 2.27. The Hall–Kier alpha value is -2.44. The summed E-state index contributed by atoms with van der Waals surface area (Å²) in [5, 5.41) is 6.66. The lowest BCUT2D eigenvalue weighted by Crippen LogP contribution is -2.27. The lowest BCUT2D eigenvalue weighted by Gasteiger charge is -2.04. The first-order chi connectivity index (χ1) is 8.63. The molecule has 0 bridgehead atoms. The monoisotopic (exact) mass is 246 g/mol. The lowest BCUT2D eigenvalue weighted by atomic mass is 10.4. The van der Waals surface area contributed by atoms with E-state index < -0.39 is 0 Å².